The van der Waals surface area contributed by atoms with E-state index in [2.05, 4.69) is 38.5 Å². The third-order valence-electron chi connectivity index (χ3n) is 13.9. The molecule has 0 unspecified atom stereocenters. The molecule has 382 valence electrons. The van der Waals surface area contributed by atoms with Crippen LogP contribution in [0.15, 0.2) is 73.2 Å². The van der Waals surface area contributed by atoms with Crippen molar-refractivity contribution in [3.05, 3.63) is 96.0 Å². The van der Waals surface area contributed by atoms with E-state index in [9.17, 15) is 32.4 Å². The number of rotatable bonds is 27. The van der Waals surface area contributed by atoms with Crippen molar-refractivity contribution in [3.63, 3.8) is 0 Å². The summed E-state index contributed by atoms with van der Waals surface area (Å²) in [7, 11) is 0.716. The Morgan fingerprint density at radius 1 is 1.00 bits per heavy atom. The fourth-order valence-electron chi connectivity index (χ4n) is 9.65. The van der Waals surface area contributed by atoms with Gasteiger partial charge in [0.1, 0.15) is 17.3 Å². The van der Waals surface area contributed by atoms with Gasteiger partial charge in [-0.15, -0.1) is 5.10 Å². The molecule has 1 aromatic carbocycles. The van der Waals surface area contributed by atoms with Gasteiger partial charge in [-0.3, -0.25) is 33.4 Å². The molecule has 2 aliphatic rings. The lowest BCUT2D eigenvalue weighted by Crippen LogP contribution is -2.54. The van der Waals surface area contributed by atoms with Gasteiger partial charge in [0, 0.05) is 88.6 Å². The summed E-state index contributed by atoms with van der Waals surface area (Å²) < 4.78 is 42.5. The highest BCUT2D eigenvalue weighted by molar-refractivity contribution is 7.90. The van der Waals surface area contributed by atoms with Crippen LogP contribution in [-0.4, -0.2) is 135 Å². The summed E-state index contributed by atoms with van der Waals surface area (Å²) in [6.45, 7) is 16.4. The Bertz CT molecular complexity index is 2410. The van der Waals surface area contributed by atoms with Crippen molar-refractivity contribution in [2.45, 2.75) is 130 Å². The number of sulfonamides is 1. The van der Waals surface area contributed by atoms with Crippen LogP contribution in [0.2, 0.25) is 0 Å². The lowest BCUT2D eigenvalue weighted by molar-refractivity contribution is -0.148. The van der Waals surface area contributed by atoms with Crippen LogP contribution in [0.3, 0.4) is 0 Å². The Hall–Kier alpha value is -5.66. The smallest absolute Gasteiger partial charge is 0.251 e. The van der Waals surface area contributed by atoms with E-state index >= 15 is 0 Å². The third-order valence-corrected chi connectivity index (χ3v) is 15.2. The zero-order chi connectivity index (χ0) is 51.3. The summed E-state index contributed by atoms with van der Waals surface area (Å²) in [5.74, 6) is -3.57. The number of carbonyl (C=O) groups excluding carboxylic acids is 5. The summed E-state index contributed by atoms with van der Waals surface area (Å²) in [5, 5.41) is 8.13. The van der Waals surface area contributed by atoms with Crippen LogP contribution in [0.25, 0.3) is 0 Å². The Balaban J connectivity index is 1.24. The fourth-order valence-corrected chi connectivity index (χ4v) is 10.7. The van der Waals surface area contributed by atoms with Crippen molar-refractivity contribution in [1.82, 2.24) is 44.4 Å². The molecule has 0 saturated carbocycles. The quantitative estimate of drug-likeness (QED) is 0.108. The van der Waals surface area contributed by atoms with E-state index in [-0.39, 0.29) is 74.1 Å². The average molecular weight is 988 g/mol. The molecule has 3 aromatic rings. The SMILES string of the molecule is C=C1C=CC(=O)N1Cc1cn(CCCS(=O)(=O)NC(=O)[C@@H](CC(=O)[C@H](C)[C@@H](OC)[C@@H]2CCCN2C(=O)C[C@@H](OC)[C@H]([C@@H](C)CC)N(C)C(=O)[C@@H](Cc2nccc(C)n2)C(C)C)Cc2ccccc2)nn1. The molecule has 5 rings (SSSR count). The van der Waals surface area contributed by atoms with Gasteiger partial charge in [0.25, 0.3) is 5.91 Å². The van der Waals surface area contributed by atoms with Crippen LogP contribution >= 0.6 is 0 Å². The lowest BCUT2D eigenvalue weighted by atomic mass is 9.85. The van der Waals surface area contributed by atoms with Gasteiger partial charge < -0.3 is 24.2 Å². The van der Waals surface area contributed by atoms with Crippen LogP contribution in [-0.2, 0) is 69.4 Å². The number of aromatic nitrogens is 5. The number of nitrogens with one attached hydrogen (secondary N) is 1. The van der Waals surface area contributed by atoms with Gasteiger partial charge in [-0.05, 0) is 62.1 Å². The number of Topliss-reactive ketones (excluding diaryl/α,β-unsaturated/α-hetero) is 1. The molecule has 2 aromatic heterocycles. The molecular formula is C51H73N9O9S. The van der Waals surface area contributed by atoms with Crippen LogP contribution in [0, 0.1) is 36.5 Å². The predicted octanol–water partition coefficient (Wildman–Crippen LogP) is 4.88. The van der Waals surface area contributed by atoms with Crippen LogP contribution in [0.1, 0.15) is 95.9 Å². The van der Waals surface area contributed by atoms with Gasteiger partial charge in [-0.2, -0.15) is 0 Å². The highest BCUT2D eigenvalue weighted by atomic mass is 32.2. The van der Waals surface area contributed by atoms with E-state index in [1.54, 1.807) is 49.4 Å². The largest absolute Gasteiger partial charge is 0.379 e. The summed E-state index contributed by atoms with van der Waals surface area (Å²) >= 11 is 0. The van der Waals surface area contributed by atoms with Crippen molar-refractivity contribution in [1.29, 1.82) is 0 Å². The van der Waals surface area contributed by atoms with Gasteiger partial charge in [-0.25, -0.2) is 18.4 Å². The Kier molecular flexibility index (Phi) is 20.1. The summed E-state index contributed by atoms with van der Waals surface area (Å²) in [5.41, 5.74) is 2.62. The van der Waals surface area contributed by atoms with E-state index in [0.717, 1.165) is 17.7 Å². The number of hydrogen-bond donors (Lipinski definition) is 1. The molecule has 18 nitrogen and oxygen atoms in total. The van der Waals surface area contributed by atoms with E-state index in [1.807, 2.05) is 64.1 Å². The molecule has 1 N–H and O–H groups in total. The number of nitrogens with zero attached hydrogens (tertiary/aromatic N) is 8. The second-order valence-corrected chi connectivity index (χ2v) is 21.0. The number of hydrogen-bond acceptors (Lipinski definition) is 13. The molecule has 0 aliphatic carbocycles. The molecule has 1 fully saturated rings. The number of aryl methyl sites for hydroxylation is 2. The highest BCUT2D eigenvalue weighted by Gasteiger charge is 2.43. The molecule has 4 amide bonds. The van der Waals surface area contributed by atoms with Crippen molar-refractivity contribution in [2.75, 3.05) is 33.6 Å². The molecule has 2 aliphatic heterocycles. The highest BCUT2D eigenvalue weighted by Crippen LogP contribution is 2.32. The number of ether oxygens (including phenoxy) is 2. The van der Waals surface area contributed by atoms with Gasteiger partial charge in [0.15, 0.2) is 0 Å². The molecule has 0 radical (unpaired) electrons. The molecule has 19 heteroatoms. The lowest BCUT2D eigenvalue weighted by Gasteiger charge is -2.40. The van der Waals surface area contributed by atoms with Crippen molar-refractivity contribution >= 4 is 39.4 Å². The van der Waals surface area contributed by atoms with E-state index in [4.69, 9.17) is 9.47 Å². The molecule has 0 bridgehead atoms. The van der Waals surface area contributed by atoms with E-state index < -0.39 is 63.7 Å². The number of benzene rings is 1. The van der Waals surface area contributed by atoms with Crippen LogP contribution in [0.5, 0.6) is 0 Å². The Morgan fingerprint density at radius 3 is 2.36 bits per heavy atom. The van der Waals surface area contributed by atoms with Crippen molar-refractivity contribution in [3.8, 4) is 0 Å². The number of carbonyl (C=O) groups is 5. The molecule has 8 atom stereocenters. The number of likely N-dealkylation sites (N-methyl/N-ethyl adjacent to an activating group) is 1. The first-order valence-electron chi connectivity index (χ1n) is 24.4. The monoisotopic (exact) mass is 988 g/mol. The standard InChI is InChI=1S/C51H73N9O9S/c1-11-34(4)48(57(8)51(65)41(33(2)3)29-45-52-23-22-35(5)53-45)44(68-9)30-47(63)59-25-15-19-42(59)49(69-10)37(7)43(61)28-39(27-38-17-13-12-14-18-38)50(64)55-70(66,67)26-16-24-58-31-40(54-56-58)32-60-36(6)20-21-46(60)62/h12-14,17-18,20-23,31,33-34,37,39,41-42,44,48-49H,6,11,15-16,19,24-30,32H2,1-5,7-10H3,(H,55,64)/t34-,37-,39+,41-,42-,44+,48-,49+/m0/s1. The topological polar surface area (TPSA) is 216 Å². The van der Waals surface area contributed by atoms with Crippen molar-refractivity contribution in [2.24, 2.45) is 29.6 Å². The molecule has 70 heavy (non-hydrogen) atoms. The number of allylic oxidation sites excluding steroid dienone is 1. The van der Waals surface area contributed by atoms with Crippen molar-refractivity contribution < 1.29 is 41.9 Å². The zero-order valence-corrected chi connectivity index (χ0v) is 43.1. The predicted molar refractivity (Wildman–Crippen MR) is 264 cm³/mol. The first kappa shape index (κ1) is 55.3. The normalized spacial score (nSPS) is 18.1. The molecule has 0 spiro atoms. The summed E-state index contributed by atoms with van der Waals surface area (Å²) in [4.78, 5) is 83.0. The maximum absolute atomic E-state index is 14.5. The third kappa shape index (κ3) is 14.7. The Morgan fingerprint density at radius 2 is 1.73 bits per heavy atom. The van der Waals surface area contributed by atoms with Gasteiger partial charge in [-0.1, -0.05) is 83.2 Å². The van der Waals surface area contributed by atoms with Crippen LogP contribution in [0.4, 0.5) is 0 Å². The Labute approximate surface area is 413 Å². The first-order chi connectivity index (χ1) is 33.3. The number of likely N-dealkylation sites (tertiary alicyclic amines) is 1. The second-order valence-electron chi connectivity index (χ2n) is 19.2. The fraction of sp³-hybridized carbons (Fsp3) is 0.588. The number of ketones is 1. The zero-order valence-electron chi connectivity index (χ0n) is 42.3. The second kappa shape index (κ2) is 25.5. The van der Waals surface area contributed by atoms with E-state index in [1.165, 1.54) is 22.8 Å². The minimum atomic E-state index is -4.13. The minimum absolute atomic E-state index is 0.00523. The summed E-state index contributed by atoms with van der Waals surface area (Å²) in [6.07, 6.45) is 7.31. The summed E-state index contributed by atoms with van der Waals surface area (Å²) in [6, 6.07) is 10.0. The number of amides is 4. The molecule has 4 heterocycles. The van der Waals surface area contributed by atoms with E-state index in [0.29, 0.717) is 43.0 Å². The van der Waals surface area contributed by atoms with Gasteiger partial charge in [0.2, 0.25) is 27.7 Å². The number of methoxy groups -OCH3 is 2. The maximum Gasteiger partial charge on any atom is 0.251 e. The molecule has 1 saturated heterocycles. The average Bonchev–Trinajstić information content (AvgIpc) is 4.08. The molecular weight excluding hydrogens is 915 g/mol. The minimum Gasteiger partial charge on any atom is -0.379 e. The first-order valence-corrected chi connectivity index (χ1v) is 26.0. The van der Waals surface area contributed by atoms with Gasteiger partial charge >= 0.3 is 0 Å². The maximum atomic E-state index is 14.5. The van der Waals surface area contributed by atoms with Gasteiger partial charge in [0.05, 0.1) is 49.2 Å². The van der Waals surface area contributed by atoms with Crippen LogP contribution < -0.4 is 4.72 Å².